The quantitative estimate of drug-likeness (QED) is 0.599. The Labute approximate surface area is 124 Å². The number of pyridine rings is 1. The first-order chi connectivity index (χ1) is 9.85. The van der Waals surface area contributed by atoms with Gasteiger partial charge in [-0.15, -0.1) is 0 Å². The van der Waals surface area contributed by atoms with Gasteiger partial charge in [0.1, 0.15) is 5.82 Å². The standard InChI is InChI=1S/C16H22N2OS/c19-5-6-20-11-13-3-4-17-16(9-13)18-10-15-8-12-1-2-14(15)7-12/h1-4,9,12,14-15,19H,5-8,10-11H2,(H,17,18). The van der Waals surface area contributed by atoms with E-state index < -0.39 is 0 Å². The third kappa shape index (κ3) is 3.36. The maximum Gasteiger partial charge on any atom is 0.126 e. The van der Waals surface area contributed by atoms with Crippen molar-refractivity contribution in [2.45, 2.75) is 18.6 Å². The summed E-state index contributed by atoms with van der Waals surface area (Å²) in [4.78, 5) is 4.40. The fraction of sp³-hybridized carbons (Fsp3) is 0.562. The van der Waals surface area contributed by atoms with Crippen molar-refractivity contribution in [2.75, 3.05) is 24.2 Å². The first-order valence-electron chi connectivity index (χ1n) is 7.41. The molecule has 108 valence electrons. The van der Waals surface area contributed by atoms with Crippen LogP contribution in [-0.4, -0.2) is 29.0 Å². The van der Waals surface area contributed by atoms with E-state index in [1.165, 1.54) is 18.4 Å². The van der Waals surface area contributed by atoms with Gasteiger partial charge in [-0.25, -0.2) is 4.98 Å². The third-order valence-corrected chi connectivity index (χ3v) is 5.30. The van der Waals surface area contributed by atoms with Gasteiger partial charge < -0.3 is 10.4 Å². The number of hydrogen-bond donors (Lipinski definition) is 2. The maximum absolute atomic E-state index is 8.81. The lowest BCUT2D eigenvalue weighted by atomic mass is 9.94. The van der Waals surface area contributed by atoms with Crippen molar-refractivity contribution in [3.05, 3.63) is 36.0 Å². The number of allylic oxidation sites excluding steroid dienone is 2. The Morgan fingerprint density at radius 2 is 2.30 bits per heavy atom. The lowest BCUT2D eigenvalue weighted by molar-refractivity contribution is 0.322. The minimum absolute atomic E-state index is 0.249. The van der Waals surface area contributed by atoms with Crippen LogP contribution in [0.15, 0.2) is 30.5 Å². The van der Waals surface area contributed by atoms with Crippen molar-refractivity contribution in [3.8, 4) is 0 Å². The molecule has 1 saturated carbocycles. The molecule has 2 N–H and O–H groups in total. The van der Waals surface area contributed by atoms with Crippen molar-refractivity contribution < 1.29 is 5.11 Å². The lowest BCUT2D eigenvalue weighted by Crippen LogP contribution is -2.18. The van der Waals surface area contributed by atoms with Crippen LogP contribution >= 0.6 is 11.8 Å². The maximum atomic E-state index is 8.81. The molecule has 2 aliphatic carbocycles. The Morgan fingerprint density at radius 1 is 1.35 bits per heavy atom. The molecule has 3 atom stereocenters. The van der Waals surface area contributed by atoms with E-state index in [-0.39, 0.29) is 6.61 Å². The number of aromatic nitrogens is 1. The zero-order valence-electron chi connectivity index (χ0n) is 11.7. The molecule has 20 heavy (non-hydrogen) atoms. The zero-order chi connectivity index (χ0) is 13.8. The molecule has 0 aliphatic heterocycles. The number of anilines is 1. The topological polar surface area (TPSA) is 45.2 Å². The molecule has 1 aromatic rings. The van der Waals surface area contributed by atoms with Crippen LogP contribution in [0.2, 0.25) is 0 Å². The largest absolute Gasteiger partial charge is 0.396 e. The molecule has 3 unspecified atom stereocenters. The number of nitrogens with one attached hydrogen (secondary N) is 1. The molecule has 0 aromatic carbocycles. The Kier molecular flexibility index (Phi) is 4.63. The lowest BCUT2D eigenvalue weighted by Gasteiger charge is -2.19. The van der Waals surface area contributed by atoms with Crippen LogP contribution in [0.5, 0.6) is 0 Å². The van der Waals surface area contributed by atoms with E-state index in [0.29, 0.717) is 0 Å². The summed E-state index contributed by atoms with van der Waals surface area (Å²) in [6.07, 6.45) is 9.35. The van der Waals surface area contributed by atoms with Gasteiger partial charge in [0.15, 0.2) is 0 Å². The van der Waals surface area contributed by atoms with E-state index in [0.717, 1.165) is 41.6 Å². The molecule has 2 bridgehead atoms. The van der Waals surface area contributed by atoms with Gasteiger partial charge in [-0.1, -0.05) is 12.2 Å². The molecule has 2 aliphatic rings. The predicted octanol–water partition coefficient (Wildman–Crippen LogP) is 2.93. The normalized spacial score (nSPS) is 27.1. The number of rotatable bonds is 7. The van der Waals surface area contributed by atoms with Crippen LogP contribution in [0, 0.1) is 17.8 Å². The van der Waals surface area contributed by atoms with Crippen LogP contribution in [0.25, 0.3) is 0 Å². The average molecular weight is 290 g/mol. The number of fused-ring (bicyclic) bond motifs is 2. The Balaban J connectivity index is 1.50. The predicted molar refractivity (Wildman–Crippen MR) is 84.8 cm³/mol. The average Bonchev–Trinajstić information content (AvgIpc) is 3.08. The van der Waals surface area contributed by atoms with Gasteiger partial charge in [0, 0.05) is 24.2 Å². The molecule has 0 spiro atoms. The first kappa shape index (κ1) is 14.0. The molecule has 0 amide bonds. The molecule has 1 fully saturated rings. The van der Waals surface area contributed by atoms with Crippen LogP contribution in [-0.2, 0) is 5.75 Å². The van der Waals surface area contributed by atoms with E-state index in [1.807, 2.05) is 6.20 Å². The summed E-state index contributed by atoms with van der Waals surface area (Å²) in [5.41, 5.74) is 1.27. The molecule has 1 aromatic heterocycles. The fourth-order valence-electron chi connectivity index (χ4n) is 3.28. The Hall–Kier alpha value is -1.00. The van der Waals surface area contributed by atoms with Gasteiger partial charge in [0.05, 0.1) is 6.61 Å². The first-order valence-corrected chi connectivity index (χ1v) is 8.56. The molecule has 1 heterocycles. The highest BCUT2D eigenvalue weighted by atomic mass is 32.2. The van der Waals surface area contributed by atoms with Gasteiger partial charge in [-0.3, -0.25) is 0 Å². The molecular formula is C16H22N2OS. The monoisotopic (exact) mass is 290 g/mol. The summed E-state index contributed by atoms with van der Waals surface area (Å²) in [6, 6.07) is 4.18. The van der Waals surface area contributed by atoms with Crippen molar-refractivity contribution in [1.82, 2.24) is 4.98 Å². The molecule has 0 radical (unpaired) electrons. The Morgan fingerprint density at radius 3 is 3.05 bits per heavy atom. The van der Waals surface area contributed by atoms with E-state index >= 15 is 0 Å². The molecule has 3 rings (SSSR count). The van der Waals surface area contributed by atoms with Crippen LogP contribution in [0.4, 0.5) is 5.82 Å². The smallest absolute Gasteiger partial charge is 0.126 e. The summed E-state index contributed by atoms with van der Waals surface area (Å²) in [5.74, 6) is 5.12. The number of nitrogens with zero attached hydrogens (tertiary/aromatic N) is 1. The summed E-state index contributed by atoms with van der Waals surface area (Å²) in [6.45, 7) is 1.28. The highest BCUT2D eigenvalue weighted by Gasteiger charge is 2.35. The van der Waals surface area contributed by atoms with Gasteiger partial charge in [-0.05, 0) is 48.3 Å². The summed E-state index contributed by atoms with van der Waals surface area (Å²) >= 11 is 1.75. The number of hydrogen-bond acceptors (Lipinski definition) is 4. The van der Waals surface area contributed by atoms with Gasteiger partial charge >= 0.3 is 0 Å². The highest BCUT2D eigenvalue weighted by molar-refractivity contribution is 7.98. The number of thioether (sulfide) groups is 1. The number of aliphatic hydroxyl groups is 1. The van der Waals surface area contributed by atoms with E-state index in [4.69, 9.17) is 5.11 Å². The van der Waals surface area contributed by atoms with Crippen molar-refractivity contribution in [3.63, 3.8) is 0 Å². The SMILES string of the molecule is OCCSCc1ccnc(NCC2CC3C=CC2C3)c1. The van der Waals surface area contributed by atoms with Gasteiger partial charge in [0.2, 0.25) is 0 Å². The molecular weight excluding hydrogens is 268 g/mol. The second kappa shape index (κ2) is 6.64. The highest BCUT2D eigenvalue weighted by Crippen LogP contribution is 2.43. The van der Waals surface area contributed by atoms with E-state index in [9.17, 15) is 0 Å². The van der Waals surface area contributed by atoms with Crippen LogP contribution < -0.4 is 5.32 Å². The minimum Gasteiger partial charge on any atom is -0.396 e. The molecule has 0 saturated heterocycles. The zero-order valence-corrected chi connectivity index (χ0v) is 12.5. The fourth-order valence-corrected chi connectivity index (χ4v) is 3.97. The second-order valence-corrected chi connectivity index (χ2v) is 6.85. The van der Waals surface area contributed by atoms with Crippen molar-refractivity contribution in [2.24, 2.45) is 17.8 Å². The third-order valence-electron chi connectivity index (χ3n) is 4.29. The van der Waals surface area contributed by atoms with Crippen molar-refractivity contribution >= 4 is 17.6 Å². The summed E-state index contributed by atoms with van der Waals surface area (Å²) in [7, 11) is 0. The molecule has 3 nitrogen and oxygen atoms in total. The van der Waals surface area contributed by atoms with Gasteiger partial charge in [-0.2, -0.15) is 11.8 Å². The summed E-state index contributed by atoms with van der Waals surface area (Å²) < 4.78 is 0. The van der Waals surface area contributed by atoms with Gasteiger partial charge in [0.25, 0.3) is 0 Å². The van der Waals surface area contributed by atoms with E-state index in [2.05, 4.69) is 34.6 Å². The van der Waals surface area contributed by atoms with Crippen molar-refractivity contribution in [1.29, 1.82) is 0 Å². The number of aliphatic hydroxyl groups excluding tert-OH is 1. The van der Waals surface area contributed by atoms with Crippen LogP contribution in [0.1, 0.15) is 18.4 Å². The minimum atomic E-state index is 0.249. The summed E-state index contributed by atoms with van der Waals surface area (Å²) in [5, 5.41) is 12.3. The second-order valence-electron chi connectivity index (χ2n) is 5.75. The Bertz CT molecular complexity index is 477. The van der Waals surface area contributed by atoms with E-state index in [1.54, 1.807) is 11.8 Å². The van der Waals surface area contributed by atoms with Crippen LogP contribution in [0.3, 0.4) is 0 Å². The molecule has 4 heteroatoms.